The third kappa shape index (κ3) is 2.12. The number of hydrogen-bond acceptors (Lipinski definition) is 3. The number of imide groups is 1. The van der Waals surface area contributed by atoms with Crippen molar-refractivity contribution in [2.75, 3.05) is 6.54 Å². The van der Waals surface area contributed by atoms with Gasteiger partial charge in [-0.15, -0.1) is 0 Å². The molecule has 24 heavy (non-hydrogen) atoms. The van der Waals surface area contributed by atoms with Gasteiger partial charge < -0.3 is 0 Å². The van der Waals surface area contributed by atoms with E-state index in [4.69, 9.17) is 0 Å². The van der Waals surface area contributed by atoms with Crippen LogP contribution in [0.3, 0.4) is 0 Å². The predicted molar refractivity (Wildman–Crippen MR) is 90.1 cm³/mol. The molecule has 0 aromatic heterocycles. The standard InChI is InChI=1S/C20H13NO3/c22-17(13-6-2-1-3-7-13)12-21-19(23)15-10-4-8-14-9-5-11-16(18(14)15)20(21)24/h1-11H,12H2. The molecule has 0 atom stereocenters. The van der Waals surface area contributed by atoms with Crippen LogP contribution in [0.25, 0.3) is 10.8 Å². The van der Waals surface area contributed by atoms with Gasteiger partial charge in [0.2, 0.25) is 0 Å². The zero-order valence-electron chi connectivity index (χ0n) is 12.7. The Hall–Kier alpha value is -3.27. The van der Waals surface area contributed by atoms with E-state index in [1.165, 1.54) is 0 Å². The SMILES string of the molecule is O=C(CN1C(=O)c2cccc3cccc(c23)C1=O)c1ccccc1. The summed E-state index contributed by atoms with van der Waals surface area (Å²) in [5, 5.41) is 1.51. The highest BCUT2D eigenvalue weighted by Gasteiger charge is 2.33. The molecule has 0 fully saturated rings. The molecule has 1 aliphatic rings. The molecule has 4 rings (SSSR count). The van der Waals surface area contributed by atoms with Gasteiger partial charge in [0, 0.05) is 22.1 Å². The van der Waals surface area contributed by atoms with Crippen molar-refractivity contribution in [2.45, 2.75) is 0 Å². The Morgan fingerprint density at radius 1 is 0.750 bits per heavy atom. The molecule has 116 valence electrons. The molecule has 4 nitrogen and oxygen atoms in total. The van der Waals surface area contributed by atoms with E-state index in [-0.39, 0.29) is 12.3 Å². The molecule has 1 heterocycles. The Balaban J connectivity index is 1.76. The minimum absolute atomic E-state index is 0.258. The molecule has 0 aliphatic carbocycles. The van der Waals surface area contributed by atoms with Gasteiger partial charge in [-0.3, -0.25) is 19.3 Å². The summed E-state index contributed by atoms with van der Waals surface area (Å²) >= 11 is 0. The lowest BCUT2D eigenvalue weighted by Crippen LogP contribution is -2.43. The number of carbonyl (C=O) groups excluding carboxylic acids is 3. The summed E-state index contributed by atoms with van der Waals surface area (Å²) in [6.07, 6.45) is 0. The molecule has 3 aromatic rings. The molecule has 0 spiro atoms. The Morgan fingerprint density at radius 3 is 1.92 bits per heavy atom. The number of benzene rings is 3. The first-order valence-electron chi connectivity index (χ1n) is 7.63. The summed E-state index contributed by atoms with van der Waals surface area (Å²) in [4.78, 5) is 38.9. The first kappa shape index (κ1) is 14.3. The van der Waals surface area contributed by atoms with Crippen molar-refractivity contribution in [2.24, 2.45) is 0 Å². The second kappa shape index (κ2) is 5.42. The van der Waals surface area contributed by atoms with Gasteiger partial charge in [-0.2, -0.15) is 0 Å². The molecule has 0 bridgehead atoms. The summed E-state index contributed by atoms with van der Waals surface area (Å²) in [7, 11) is 0. The van der Waals surface area contributed by atoms with Crippen LogP contribution in [0.4, 0.5) is 0 Å². The van der Waals surface area contributed by atoms with Gasteiger partial charge in [-0.25, -0.2) is 0 Å². The number of nitrogens with zero attached hydrogens (tertiary/aromatic N) is 1. The highest BCUT2D eigenvalue weighted by atomic mass is 16.2. The fourth-order valence-electron chi connectivity index (χ4n) is 3.08. The summed E-state index contributed by atoms with van der Waals surface area (Å²) in [6, 6.07) is 19.4. The minimum atomic E-state index is -0.423. The summed E-state index contributed by atoms with van der Waals surface area (Å²) in [5.74, 6) is -1.11. The molecular weight excluding hydrogens is 302 g/mol. The Labute approximate surface area is 138 Å². The van der Waals surface area contributed by atoms with E-state index < -0.39 is 11.8 Å². The normalized spacial score (nSPS) is 13.4. The van der Waals surface area contributed by atoms with Crippen LogP contribution in [-0.2, 0) is 0 Å². The van der Waals surface area contributed by atoms with Gasteiger partial charge in [0.1, 0.15) is 0 Å². The number of carbonyl (C=O) groups is 3. The predicted octanol–water partition coefficient (Wildman–Crippen LogP) is 3.32. The number of hydrogen-bond donors (Lipinski definition) is 0. The van der Waals surface area contributed by atoms with E-state index in [9.17, 15) is 14.4 Å². The molecule has 4 heteroatoms. The van der Waals surface area contributed by atoms with Crippen LogP contribution >= 0.6 is 0 Å². The molecule has 1 aliphatic heterocycles. The van der Waals surface area contributed by atoms with Crippen molar-refractivity contribution in [3.05, 3.63) is 83.4 Å². The van der Waals surface area contributed by atoms with Gasteiger partial charge >= 0.3 is 0 Å². The largest absolute Gasteiger partial charge is 0.292 e. The van der Waals surface area contributed by atoms with Crippen LogP contribution in [-0.4, -0.2) is 29.0 Å². The van der Waals surface area contributed by atoms with Crippen molar-refractivity contribution in [1.82, 2.24) is 4.90 Å². The average Bonchev–Trinajstić information content (AvgIpc) is 2.63. The Morgan fingerprint density at radius 2 is 1.33 bits per heavy atom. The van der Waals surface area contributed by atoms with E-state index in [1.807, 2.05) is 18.2 Å². The van der Waals surface area contributed by atoms with Gasteiger partial charge in [0.15, 0.2) is 5.78 Å². The van der Waals surface area contributed by atoms with Gasteiger partial charge in [-0.1, -0.05) is 54.6 Å². The van der Waals surface area contributed by atoms with Crippen molar-refractivity contribution >= 4 is 28.4 Å². The third-order valence-electron chi connectivity index (χ3n) is 4.25. The molecule has 0 N–H and O–H groups in total. The molecule has 2 amide bonds. The zero-order valence-corrected chi connectivity index (χ0v) is 12.7. The number of ketones is 1. The maximum absolute atomic E-state index is 12.7. The van der Waals surface area contributed by atoms with E-state index in [0.717, 1.165) is 10.3 Å². The van der Waals surface area contributed by atoms with E-state index in [0.29, 0.717) is 22.1 Å². The highest BCUT2D eigenvalue weighted by molar-refractivity contribution is 6.26. The summed E-state index contributed by atoms with van der Waals surface area (Å²) in [6.45, 7) is -0.258. The number of amides is 2. The van der Waals surface area contributed by atoms with Crippen LogP contribution in [0.5, 0.6) is 0 Å². The van der Waals surface area contributed by atoms with Gasteiger partial charge in [0.25, 0.3) is 11.8 Å². The van der Waals surface area contributed by atoms with Crippen LogP contribution in [0.2, 0.25) is 0 Å². The highest BCUT2D eigenvalue weighted by Crippen LogP contribution is 2.29. The first-order chi connectivity index (χ1) is 11.7. The quantitative estimate of drug-likeness (QED) is 0.550. The molecular formula is C20H13NO3. The lowest BCUT2D eigenvalue weighted by atomic mass is 9.94. The van der Waals surface area contributed by atoms with Crippen LogP contribution in [0.15, 0.2) is 66.7 Å². The maximum atomic E-state index is 12.7. The number of Topliss-reactive ketones (excluding diaryl/α,β-unsaturated/α-hetero) is 1. The van der Waals surface area contributed by atoms with Crippen LogP contribution < -0.4 is 0 Å². The Kier molecular flexibility index (Phi) is 3.24. The second-order valence-corrected chi connectivity index (χ2v) is 5.69. The zero-order chi connectivity index (χ0) is 16.7. The molecule has 3 aromatic carbocycles. The van der Waals surface area contributed by atoms with E-state index in [1.54, 1.807) is 48.5 Å². The van der Waals surface area contributed by atoms with Crippen LogP contribution in [0, 0.1) is 0 Å². The van der Waals surface area contributed by atoms with Gasteiger partial charge in [0.05, 0.1) is 6.54 Å². The van der Waals surface area contributed by atoms with E-state index >= 15 is 0 Å². The Bertz CT molecular complexity index is 941. The first-order valence-corrected chi connectivity index (χ1v) is 7.63. The molecule has 0 saturated heterocycles. The van der Waals surface area contributed by atoms with Gasteiger partial charge in [-0.05, 0) is 17.5 Å². The van der Waals surface area contributed by atoms with E-state index in [2.05, 4.69) is 0 Å². The van der Waals surface area contributed by atoms with Crippen molar-refractivity contribution in [3.8, 4) is 0 Å². The topological polar surface area (TPSA) is 54.5 Å². The second-order valence-electron chi connectivity index (χ2n) is 5.69. The summed E-state index contributed by atoms with van der Waals surface area (Å²) < 4.78 is 0. The average molecular weight is 315 g/mol. The lowest BCUT2D eigenvalue weighted by molar-refractivity contribution is 0.0585. The smallest absolute Gasteiger partial charge is 0.261 e. The van der Waals surface area contributed by atoms with Crippen molar-refractivity contribution in [1.29, 1.82) is 0 Å². The minimum Gasteiger partial charge on any atom is -0.292 e. The molecule has 0 saturated carbocycles. The molecule has 0 unspecified atom stereocenters. The monoisotopic (exact) mass is 315 g/mol. The summed E-state index contributed by atoms with van der Waals surface area (Å²) in [5.41, 5.74) is 1.40. The lowest BCUT2D eigenvalue weighted by Gasteiger charge is -2.26. The fraction of sp³-hybridized carbons (Fsp3) is 0.0500. The number of rotatable bonds is 3. The fourth-order valence-corrected chi connectivity index (χ4v) is 3.08. The maximum Gasteiger partial charge on any atom is 0.261 e. The molecule has 0 radical (unpaired) electrons. The van der Waals surface area contributed by atoms with Crippen molar-refractivity contribution < 1.29 is 14.4 Å². The van der Waals surface area contributed by atoms with Crippen LogP contribution in [0.1, 0.15) is 31.1 Å². The van der Waals surface area contributed by atoms with Crippen molar-refractivity contribution in [3.63, 3.8) is 0 Å². The third-order valence-corrected chi connectivity index (χ3v) is 4.25.